The summed E-state index contributed by atoms with van der Waals surface area (Å²) in [5.74, 6) is -1.05. The molecule has 0 radical (unpaired) electrons. The fourth-order valence-corrected chi connectivity index (χ4v) is 5.77. The van der Waals surface area contributed by atoms with E-state index in [1.54, 1.807) is 92.7 Å². The number of methoxy groups -OCH3 is 1. The van der Waals surface area contributed by atoms with Gasteiger partial charge in [0.25, 0.3) is 0 Å². The Morgan fingerprint density at radius 2 is 1.75 bits per heavy atom. The molecule has 1 saturated heterocycles. The molecule has 15 heteroatoms. The highest BCUT2D eigenvalue weighted by Gasteiger charge is 2.43. The second-order valence-corrected chi connectivity index (χ2v) is 16.0. The van der Waals surface area contributed by atoms with Gasteiger partial charge in [-0.25, -0.2) is 23.9 Å². The van der Waals surface area contributed by atoms with Crippen molar-refractivity contribution in [3.05, 3.63) is 59.7 Å². The van der Waals surface area contributed by atoms with Crippen LogP contribution in [0.25, 0.3) is 6.08 Å². The zero-order valence-corrected chi connectivity index (χ0v) is 33.8. The van der Waals surface area contributed by atoms with Crippen LogP contribution < -0.4 is 9.47 Å². The van der Waals surface area contributed by atoms with Crippen molar-refractivity contribution in [1.82, 2.24) is 14.5 Å². The summed E-state index contributed by atoms with van der Waals surface area (Å²) in [4.78, 5) is 45.8. The number of hydrogen-bond acceptors (Lipinski definition) is 13. The Morgan fingerprint density at radius 1 is 1.04 bits per heavy atom. The number of esters is 1. The third kappa shape index (κ3) is 12.5. The molecule has 1 N–H and O–H groups in total. The summed E-state index contributed by atoms with van der Waals surface area (Å²) >= 11 is 0. The lowest BCUT2D eigenvalue weighted by Crippen LogP contribution is -2.39. The van der Waals surface area contributed by atoms with Gasteiger partial charge in [0.1, 0.15) is 59.0 Å². The number of fused-ring (bicyclic) bond motifs is 2. The van der Waals surface area contributed by atoms with Crippen LogP contribution in [0.1, 0.15) is 97.4 Å². The fraction of sp³-hybridized carbons (Fsp3) is 0.600. The van der Waals surface area contributed by atoms with Crippen LogP contribution in [0.3, 0.4) is 0 Å². The summed E-state index contributed by atoms with van der Waals surface area (Å²) in [6.45, 7) is 17.5. The van der Waals surface area contributed by atoms with Crippen molar-refractivity contribution < 1.29 is 57.4 Å². The van der Waals surface area contributed by atoms with Crippen molar-refractivity contribution in [3.8, 4) is 11.5 Å². The molecular formula is C40H57N3O12. The highest BCUT2D eigenvalue weighted by Crippen LogP contribution is 2.35. The number of aliphatic hydroxyl groups is 1. The van der Waals surface area contributed by atoms with E-state index in [1.807, 2.05) is 13.0 Å². The second kappa shape index (κ2) is 18.0. The summed E-state index contributed by atoms with van der Waals surface area (Å²) in [6, 6.07) is 3.22. The first-order valence-electron chi connectivity index (χ1n) is 18.4. The number of carbonyl (C=O) groups is 3. The average molecular weight is 772 g/mol. The van der Waals surface area contributed by atoms with Crippen molar-refractivity contribution in [2.75, 3.05) is 27.1 Å². The molecule has 55 heavy (non-hydrogen) atoms. The molecule has 1 fully saturated rings. The molecule has 3 heterocycles. The van der Waals surface area contributed by atoms with Crippen LogP contribution in [-0.2, 0) is 35.0 Å². The van der Waals surface area contributed by atoms with Crippen LogP contribution in [0.2, 0.25) is 0 Å². The van der Waals surface area contributed by atoms with Crippen molar-refractivity contribution in [2.24, 2.45) is 5.92 Å². The minimum Gasteiger partial charge on any atom is -0.492 e. The van der Waals surface area contributed by atoms with E-state index in [9.17, 15) is 19.5 Å². The van der Waals surface area contributed by atoms with E-state index in [1.165, 1.54) is 29.0 Å². The van der Waals surface area contributed by atoms with Crippen LogP contribution in [0.15, 0.2) is 42.8 Å². The van der Waals surface area contributed by atoms with Crippen LogP contribution in [0, 0.1) is 5.92 Å². The number of carbonyl (C=O) groups excluding carboxylic acids is 3. The maximum absolute atomic E-state index is 13.8. The van der Waals surface area contributed by atoms with E-state index in [-0.39, 0.29) is 49.5 Å². The Balaban J connectivity index is 1.65. The SMILES string of the molecule is COCOc1cc(OCCN(Cc2nccn2C(=O)OC(C)(C)C)C(=O)OC(C)(C)C)cc2c1C(=O)OC(C)[C@H](C)/C=C\C(O)C1OC(C)(C)OC1CC=C2. The maximum atomic E-state index is 13.8. The molecule has 0 aliphatic carbocycles. The molecular weight excluding hydrogens is 714 g/mol. The second-order valence-electron chi connectivity index (χ2n) is 16.0. The van der Waals surface area contributed by atoms with Crippen LogP contribution in [0.5, 0.6) is 11.5 Å². The lowest BCUT2D eigenvalue weighted by Gasteiger charge is -2.27. The first-order chi connectivity index (χ1) is 25.7. The number of imidazole rings is 1. The van der Waals surface area contributed by atoms with Gasteiger partial charge in [-0.05, 0) is 80.4 Å². The predicted molar refractivity (Wildman–Crippen MR) is 202 cm³/mol. The zero-order chi connectivity index (χ0) is 40.7. The van der Waals surface area contributed by atoms with Gasteiger partial charge in [-0.2, -0.15) is 0 Å². The minimum atomic E-state index is -0.951. The zero-order valence-electron chi connectivity index (χ0n) is 33.8. The average Bonchev–Trinajstić information content (AvgIpc) is 3.66. The number of benzene rings is 1. The topological polar surface area (TPSA) is 166 Å². The highest BCUT2D eigenvalue weighted by molar-refractivity contribution is 5.97. The third-order valence-electron chi connectivity index (χ3n) is 8.43. The molecule has 0 bridgehead atoms. The van der Waals surface area contributed by atoms with E-state index in [2.05, 4.69) is 4.98 Å². The smallest absolute Gasteiger partial charge is 0.420 e. The quantitative estimate of drug-likeness (QED) is 0.127. The molecule has 2 aliphatic heterocycles. The maximum Gasteiger partial charge on any atom is 0.420 e. The molecule has 5 atom stereocenters. The van der Waals surface area contributed by atoms with Gasteiger partial charge < -0.3 is 43.0 Å². The molecule has 4 unspecified atom stereocenters. The standard InChI is InChI=1S/C40H57N3O12/c1-25-15-16-29(44)34-30(52-40(9,10)53-34)14-12-13-27-21-28(22-31(50-24-48-11)33(27)35(45)51-26(25)2)49-20-19-42(36(46)54-38(3,4)5)23-32-41-17-18-43(32)37(47)55-39(6,7)8/h12-13,15-18,21-22,25-26,29-30,34,44H,14,19-20,23-24H2,1-11H3/b13-12?,16-15-/t25-,26?,29?,30?,34?/m1/s1. The van der Waals surface area contributed by atoms with Crippen molar-refractivity contribution in [3.63, 3.8) is 0 Å². The van der Waals surface area contributed by atoms with Gasteiger partial charge in [0.2, 0.25) is 0 Å². The van der Waals surface area contributed by atoms with E-state index in [0.717, 1.165) is 0 Å². The Hall–Kier alpha value is -4.44. The van der Waals surface area contributed by atoms with Crippen LogP contribution in [-0.4, -0.2) is 106 Å². The van der Waals surface area contributed by atoms with Crippen LogP contribution >= 0.6 is 0 Å². The van der Waals surface area contributed by atoms with Crippen molar-refractivity contribution in [2.45, 2.75) is 124 Å². The summed E-state index contributed by atoms with van der Waals surface area (Å²) in [6.07, 6.45) is 6.36. The van der Waals surface area contributed by atoms with Crippen molar-refractivity contribution >= 4 is 24.2 Å². The van der Waals surface area contributed by atoms with Gasteiger partial charge in [-0.15, -0.1) is 0 Å². The lowest BCUT2D eigenvalue weighted by atomic mass is 9.99. The Labute approximate surface area is 323 Å². The van der Waals surface area contributed by atoms with E-state index in [4.69, 9.17) is 37.9 Å². The van der Waals surface area contributed by atoms with E-state index >= 15 is 0 Å². The normalized spacial score (nSPS) is 23.4. The Bertz CT molecular complexity index is 1700. The number of cyclic esters (lactones) is 1. The number of hydrogen-bond donors (Lipinski definition) is 1. The first-order valence-corrected chi connectivity index (χ1v) is 18.4. The molecule has 1 aromatic carbocycles. The summed E-state index contributed by atoms with van der Waals surface area (Å²) < 4.78 is 47.8. The first kappa shape index (κ1) is 43.3. The molecule has 1 amide bonds. The lowest BCUT2D eigenvalue weighted by molar-refractivity contribution is -0.152. The Morgan fingerprint density at radius 3 is 2.42 bits per heavy atom. The molecule has 1 aromatic heterocycles. The molecule has 304 valence electrons. The van der Waals surface area contributed by atoms with E-state index < -0.39 is 59.6 Å². The van der Waals surface area contributed by atoms with Gasteiger partial charge in [0.15, 0.2) is 12.6 Å². The number of amides is 1. The molecule has 2 aliphatic rings. The van der Waals surface area contributed by atoms with E-state index in [0.29, 0.717) is 17.7 Å². The Kier molecular flexibility index (Phi) is 14.2. The van der Waals surface area contributed by atoms with Gasteiger partial charge in [0.05, 0.1) is 19.2 Å². The van der Waals surface area contributed by atoms with Crippen molar-refractivity contribution in [1.29, 1.82) is 0 Å². The molecule has 0 saturated carbocycles. The number of aliphatic hydroxyl groups excluding tert-OH is 1. The third-order valence-corrected chi connectivity index (χ3v) is 8.43. The summed E-state index contributed by atoms with van der Waals surface area (Å²) in [5.41, 5.74) is -0.957. The molecule has 4 rings (SSSR count). The monoisotopic (exact) mass is 771 g/mol. The molecule has 0 spiro atoms. The fourth-order valence-electron chi connectivity index (χ4n) is 5.77. The summed E-state index contributed by atoms with van der Waals surface area (Å²) in [5, 5.41) is 11.0. The molecule has 15 nitrogen and oxygen atoms in total. The number of ether oxygens (including phenoxy) is 8. The van der Waals surface area contributed by atoms with Gasteiger partial charge in [-0.3, -0.25) is 4.90 Å². The van der Waals surface area contributed by atoms with Gasteiger partial charge >= 0.3 is 18.2 Å². The van der Waals surface area contributed by atoms with Gasteiger partial charge in [0, 0.05) is 31.5 Å². The number of nitrogens with zero attached hydrogens (tertiary/aromatic N) is 3. The summed E-state index contributed by atoms with van der Waals surface area (Å²) in [7, 11) is 1.46. The van der Waals surface area contributed by atoms with Gasteiger partial charge in [-0.1, -0.05) is 31.2 Å². The highest BCUT2D eigenvalue weighted by atomic mass is 16.8. The molecule has 2 aromatic rings. The largest absolute Gasteiger partial charge is 0.492 e. The number of rotatable bonds is 9. The predicted octanol–water partition coefficient (Wildman–Crippen LogP) is 6.50. The number of aromatic nitrogens is 2. The minimum absolute atomic E-state index is 0.0220. The van der Waals surface area contributed by atoms with Crippen LogP contribution in [0.4, 0.5) is 9.59 Å².